The van der Waals surface area contributed by atoms with Crippen LogP contribution in [0.1, 0.15) is 50.7 Å². The lowest BCUT2D eigenvalue weighted by Gasteiger charge is -2.36. The van der Waals surface area contributed by atoms with E-state index in [4.69, 9.17) is 10.5 Å². The van der Waals surface area contributed by atoms with Crippen LogP contribution in [0.4, 0.5) is 10.7 Å². The number of piperidine rings is 1. The molecular weight excluding hydrogens is 284 g/mol. The molecule has 5 heteroatoms. The number of nitrogen functional groups attached to an aromatic ring is 1. The molecule has 2 heterocycles. The minimum absolute atomic E-state index is 0.00998. The van der Waals surface area contributed by atoms with Crippen LogP contribution in [0.5, 0.6) is 5.75 Å². The van der Waals surface area contributed by atoms with Crippen molar-refractivity contribution in [3.05, 3.63) is 4.88 Å². The Morgan fingerprint density at radius 2 is 2.05 bits per heavy atom. The zero-order chi connectivity index (χ0) is 15.7. The lowest BCUT2D eigenvalue weighted by Crippen LogP contribution is -2.38. The number of ketones is 1. The van der Waals surface area contributed by atoms with Gasteiger partial charge in [0.2, 0.25) is 0 Å². The number of thiophene rings is 1. The van der Waals surface area contributed by atoms with E-state index in [1.807, 2.05) is 13.8 Å². The number of rotatable bonds is 4. The van der Waals surface area contributed by atoms with E-state index >= 15 is 0 Å². The number of ether oxygens (including phenoxy) is 1. The van der Waals surface area contributed by atoms with E-state index in [0.717, 1.165) is 30.4 Å². The predicted molar refractivity (Wildman–Crippen MR) is 89.7 cm³/mol. The van der Waals surface area contributed by atoms with Gasteiger partial charge in [-0.15, -0.1) is 11.3 Å². The molecule has 2 rings (SSSR count). The van der Waals surface area contributed by atoms with Crippen LogP contribution in [0, 0.1) is 11.8 Å². The minimum atomic E-state index is 0.00998. The Hall–Kier alpha value is -1.23. The molecule has 0 spiro atoms. The topological polar surface area (TPSA) is 55.6 Å². The smallest absolute Gasteiger partial charge is 0.177 e. The van der Waals surface area contributed by atoms with Gasteiger partial charge in [-0.1, -0.05) is 13.8 Å². The second-order valence-electron chi connectivity index (χ2n) is 6.39. The number of hydrogen-bond donors (Lipinski definition) is 1. The third-order valence-electron chi connectivity index (χ3n) is 4.18. The normalized spacial score (nSPS) is 22.7. The average molecular weight is 310 g/mol. The second-order valence-corrected chi connectivity index (χ2v) is 7.39. The number of carbonyl (C=O) groups is 1. The van der Waals surface area contributed by atoms with E-state index in [2.05, 4.69) is 18.7 Å². The van der Waals surface area contributed by atoms with Crippen molar-refractivity contribution in [1.82, 2.24) is 0 Å². The Kier molecular flexibility index (Phi) is 4.81. The summed E-state index contributed by atoms with van der Waals surface area (Å²) in [5, 5.41) is 1.02. The summed E-state index contributed by atoms with van der Waals surface area (Å²) in [6.07, 6.45) is 1.21. The molecule has 4 nitrogen and oxygen atoms in total. The van der Waals surface area contributed by atoms with Crippen LogP contribution in [0.25, 0.3) is 0 Å². The van der Waals surface area contributed by atoms with Crippen LogP contribution in [-0.2, 0) is 0 Å². The highest BCUT2D eigenvalue weighted by Crippen LogP contribution is 2.46. The molecule has 0 bridgehead atoms. The molecule has 1 aromatic heterocycles. The molecule has 0 radical (unpaired) electrons. The maximum absolute atomic E-state index is 11.8. The number of Topliss-reactive ketones (excluding diaryl/α,β-unsaturated/α-hetero) is 1. The molecule has 21 heavy (non-hydrogen) atoms. The summed E-state index contributed by atoms with van der Waals surface area (Å²) in [5.41, 5.74) is 6.66. The molecular formula is C16H26N2O2S. The molecule has 1 fully saturated rings. The first-order chi connectivity index (χ1) is 9.81. The number of nitrogens with two attached hydrogens (primary N) is 1. The first-order valence-corrected chi connectivity index (χ1v) is 8.47. The highest BCUT2D eigenvalue weighted by atomic mass is 32.1. The van der Waals surface area contributed by atoms with E-state index in [0.29, 0.717) is 22.2 Å². The molecule has 0 aromatic carbocycles. The molecule has 1 saturated heterocycles. The first-order valence-electron chi connectivity index (χ1n) is 7.66. The van der Waals surface area contributed by atoms with Gasteiger partial charge in [-0.3, -0.25) is 4.79 Å². The molecule has 118 valence electrons. The van der Waals surface area contributed by atoms with Gasteiger partial charge in [-0.05, 0) is 32.1 Å². The van der Waals surface area contributed by atoms with Crippen molar-refractivity contribution in [3.63, 3.8) is 0 Å². The summed E-state index contributed by atoms with van der Waals surface area (Å²) in [6, 6.07) is 0. The Balaban J connectivity index is 2.37. The summed E-state index contributed by atoms with van der Waals surface area (Å²) in [4.78, 5) is 14.7. The van der Waals surface area contributed by atoms with Crippen LogP contribution in [-0.4, -0.2) is 25.0 Å². The summed E-state index contributed by atoms with van der Waals surface area (Å²) in [6.45, 7) is 12.1. The van der Waals surface area contributed by atoms with Crippen molar-refractivity contribution in [2.24, 2.45) is 11.8 Å². The quantitative estimate of drug-likeness (QED) is 0.859. The van der Waals surface area contributed by atoms with Crippen molar-refractivity contribution in [3.8, 4) is 5.75 Å². The van der Waals surface area contributed by atoms with Crippen molar-refractivity contribution >= 4 is 27.8 Å². The lowest BCUT2D eigenvalue weighted by molar-refractivity contribution is 0.102. The molecule has 0 aliphatic carbocycles. The molecule has 0 amide bonds. The zero-order valence-electron chi connectivity index (χ0n) is 13.6. The summed E-state index contributed by atoms with van der Waals surface area (Å²) < 4.78 is 5.91. The minimum Gasteiger partial charge on any atom is -0.486 e. The van der Waals surface area contributed by atoms with Gasteiger partial charge < -0.3 is 15.4 Å². The largest absolute Gasteiger partial charge is 0.486 e. The Morgan fingerprint density at radius 1 is 1.38 bits per heavy atom. The number of anilines is 2. The van der Waals surface area contributed by atoms with Gasteiger partial charge in [0.15, 0.2) is 11.5 Å². The average Bonchev–Trinajstić information content (AvgIpc) is 2.70. The van der Waals surface area contributed by atoms with Gasteiger partial charge in [0.05, 0.1) is 16.7 Å². The Bertz CT molecular complexity index is 525. The van der Waals surface area contributed by atoms with Gasteiger partial charge in [0, 0.05) is 20.0 Å². The van der Waals surface area contributed by atoms with Gasteiger partial charge >= 0.3 is 0 Å². The van der Waals surface area contributed by atoms with Gasteiger partial charge in [-0.25, -0.2) is 0 Å². The van der Waals surface area contributed by atoms with Crippen LogP contribution < -0.4 is 15.4 Å². The van der Waals surface area contributed by atoms with Gasteiger partial charge in [0.1, 0.15) is 5.00 Å². The number of carbonyl (C=O) groups excluding carboxylic acids is 1. The fourth-order valence-corrected chi connectivity index (χ4v) is 3.77. The van der Waals surface area contributed by atoms with Crippen LogP contribution >= 0.6 is 11.3 Å². The molecule has 1 aromatic rings. The fraction of sp³-hybridized carbons (Fsp3) is 0.688. The van der Waals surface area contributed by atoms with Gasteiger partial charge in [-0.2, -0.15) is 0 Å². The van der Waals surface area contributed by atoms with Crippen LogP contribution in [0.2, 0.25) is 0 Å². The molecule has 2 N–H and O–H groups in total. The van der Waals surface area contributed by atoms with E-state index in [1.165, 1.54) is 11.3 Å². The third-order valence-corrected chi connectivity index (χ3v) is 5.53. The predicted octanol–water partition coefficient (Wildman–Crippen LogP) is 3.80. The van der Waals surface area contributed by atoms with E-state index in [9.17, 15) is 4.79 Å². The number of hydrogen-bond acceptors (Lipinski definition) is 5. The summed E-state index contributed by atoms with van der Waals surface area (Å²) in [5.74, 6) is 2.08. The molecule has 1 aliphatic heterocycles. The first kappa shape index (κ1) is 16.1. The zero-order valence-corrected chi connectivity index (χ0v) is 14.4. The highest BCUT2D eigenvalue weighted by molar-refractivity contribution is 7.19. The molecule has 0 saturated carbocycles. The standard InChI is InChI=1S/C16H26N2O2S/c1-9(2)20-14-13(17)15(12(5)19)21-16(14)18-7-6-10(3)11(4)8-18/h9-11H,6-8,17H2,1-5H3. The SMILES string of the molecule is CC(=O)c1sc(N2CCC(C)C(C)C2)c(OC(C)C)c1N. The van der Waals surface area contributed by atoms with Crippen molar-refractivity contribution < 1.29 is 9.53 Å². The molecule has 1 aliphatic rings. The van der Waals surface area contributed by atoms with Crippen LogP contribution in [0.15, 0.2) is 0 Å². The van der Waals surface area contributed by atoms with E-state index in [-0.39, 0.29) is 11.9 Å². The Labute approximate surface area is 131 Å². The van der Waals surface area contributed by atoms with Gasteiger partial charge in [0.25, 0.3) is 0 Å². The summed E-state index contributed by atoms with van der Waals surface area (Å²) in [7, 11) is 0. The second kappa shape index (κ2) is 6.26. The maximum Gasteiger partial charge on any atom is 0.177 e. The van der Waals surface area contributed by atoms with Crippen molar-refractivity contribution in [2.75, 3.05) is 23.7 Å². The fourth-order valence-electron chi connectivity index (χ4n) is 2.68. The van der Waals surface area contributed by atoms with Crippen LogP contribution in [0.3, 0.4) is 0 Å². The lowest BCUT2D eigenvalue weighted by atomic mass is 9.89. The highest BCUT2D eigenvalue weighted by Gasteiger charge is 2.29. The van der Waals surface area contributed by atoms with E-state index < -0.39 is 0 Å². The van der Waals surface area contributed by atoms with Crippen molar-refractivity contribution in [1.29, 1.82) is 0 Å². The van der Waals surface area contributed by atoms with E-state index in [1.54, 1.807) is 6.92 Å². The Morgan fingerprint density at radius 3 is 2.57 bits per heavy atom. The summed E-state index contributed by atoms with van der Waals surface area (Å²) >= 11 is 1.47. The third kappa shape index (κ3) is 3.34. The monoisotopic (exact) mass is 310 g/mol. The van der Waals surface area contributed by atoms with Crippen molar-refractivity contribution in [2.45, 2.75) is 47.1 Å². The molecule has 2 unspecified atom stereocenters. The number of nitrogens with zero attached hydrogens (tertiary/aromatic N) is 1. The molecule has 2 atom stereocenters. The maximum atomic E-state index is 11.8.